The highest BCUT2D eigenvalue weighted by Gasteiger charge is 2.34. The number of ether oxygens (including phenoxy) is 1. The third kappa shape index (κ3) is 4.42. The van der Waals surface area contributed by atoms with Crippen LogP contribution >= 0.6 is 24.0 Å². The molecule has 0 unspecified atom stereocenters. The second-order valence-electron chi connectivity index (χ2n) is 6.71. The minimum absolute atomic E-state index is 0.0723. The Hall–Kier alpha value is -2.11. The molecular formula is C22H23NO2S2. The molecule has 0 saturated carbocycles. The fourth-order valence-electron chi connectivity index (χ4n) is 2.84. The first kappa shape index (κ1) is 19.6. The summed E-state index contributed by atoms with van der Waals surface area (Å²) >= 11 is 6.81. The van der Waals surface area contributed by atoms with Gasteiger partial charge in [-0.25, -0.2) is 0 Å². The number of thioether (sulfide) groups is 1. The van der Waals surface area contributed by atoms with Crippen molar-refractivity contribution in [3.63, 3.8) is 0 Å². The average Bonchev–Trinajstić information content (AvgIpc) is 2.90. The van der Waals surface area contributed by atoms with Crippen LogP contribution in [0.4, 0.5) is 5.69 Å². The molecule has 0 bridgehead atoms. The first-order valence-corrected chi connectivity index (χ1v) is 10.2. The number of thiocarbonyl (C=S) groups is 1. The van der Waals surface area contributed by atoms with Gasteiger partial charge in [-0.15, -0.1) is 0 Å². The van der Waals surface area contributed by atoms with Crippen LogP contribution in [0.5, 0.6) is 5.75 Å². The second-order valence-corrected chi connectivity index (χ2v) is 8.39. The van der Waals surface area contributed by atoms with E-state index in [1.165, 1.54) is 11.8 Å². The Morgan fingerprint density at radius 3 is 2.52 bits per heavy atom. The van der Waals surface area contributed by atoms with E-state index in [0.717, 1.165) is 34.5 Å². The van der Waals surface area contributed by atoms with Crippen molar-refractivity contribution in [2.45, 2.75) is 40.2 Å². The van der Waals surface area contributed by atoms with Gasteiger partial charge in [0.15, 0.2) is 4.32 Å². The average molecular weight is 398 g/mol. The highest BCUT2D eigenvalue weighted by Crippen LogP contribution is 2.37. The van der Waals surface area contributed by atoms with E-state index < -0.39 is 0 Å². The molecule has 0 aliphatic carbocycles. The Kier molecular flexibility index (Phi) is 6.02. The maximum absolute atomic E-state index is 12.9. The number of benzene rings is 2. The van der Waals surface area contributed by atoms with Crippen LogP contribution in [0.1, 0.15) is 37.0 Å². The van der Waals surface area contributed by atoms with Gasteiger partial charge in [-0.2, -0.15) is 0 Å². The smallest absolute Gasteiger partial charge is 0.270 e. The predicted molar refractivity (Wildman–Crippen MR) is 118 cm³/mol. The van der Waals surface area contributed by atoms with Crippen molar-refractivity contribution in [3.05, 3.63) is 64.1 Å². The maximum atomic E-state index is 12.9. The van der Waals surface area contributed by atoms with Crippen LogP contribution in [-0.2, 0) is 4.79 Å². The van der Waals surface area contributed by atoms with Crippen LogP contribution in [0.15, 0.2) is 47.4 Å². The predicted octanol–water partition coefficient (Wildman–Crippen LogP) is 5.89. The molecule has 3 rings (SSSR count). The minimum atomic E-state index is -0.0723. The van der Waals surface area contributed by atoms with E-state index >= 15 is 0 Å². The normalized spacial score (nSPS) is 16.9. The number of hydrogen-bond donors (Lipinski definition) is 0. The number of aryl methyl sites for hydroxylation is 2. The van der Waals surface area contributed by atoms with Crippen molar-refractivity contribution in [1.29, 1.82) is 0 Å². The fraction of sp³-hybridized carbons (Fsp3) is 0.273. The Morgan fingerprint density at radius 1 is 1.19 bits per heavy atom. The first-order chi connectivity index (χ1) is 12.9. The molecule has 0 aromatic heterocycles. The van der Waals surface area contributed by atoms with E-state index in [9.17, 15) is 4.79 Å². The number of carbonyl (C=O) groups is 1. The molecule has 27 heavy (non-hydrogen) atoms. The largest absolute Gasteiger partial charge is 0.491 e. The molecule has 0 spiro atoms. The number of anilines is 1. The summed E-state index contributed by atoms with van der Waals surface area (Å²) in [6.45, 7) is 8.18. The molecule has 1 aliphatic heterocycles. The SMILES string of the molecule is CC[C@H](C)Oc1ccc(/C=C2/SC(=S)N(c3ccc(C)cc3C)C2=O)cc1. The molecule has 0 N–H and O–H groups in total. The number of amides is 1. The van der Waals surface area contributed by atoms with Gasteiger partial charge in [-0.3, -0.25) is 9.69 Å². The number of carbonyl (C=O) groups excluding carboxylic acids is 1. The van der Waals surface area contributed by atoms with Gasteiger partial charge in [-0.05, 0) is 62.6 Å². The topological polar surface area (TPSA) is 29.5 Å². The van der Waals surface area contributed by atoms with Gasteiger partial charge in [0, 0.05) is 0 Å². The van der Waals surface area contributed by atoms with Gasteiger partial charge >= 0.3 is 0 Å². The highest BCUT2D eigenvalue weighted by atomic mass is 32.2. The summed E-state index contributed by atoms with van der Waals surface area (Å²) in [5.41, 5.74) is 4.01. The molecule has 2 aromatic carbocycles. The van der Waals surface area contributed by atoms with Gasteiger partial charge in [0.25, 0.3) is 5.91 Å². The molecule has 1 heterocycles. The molecule has 1 saturated heterocycles. The van der Waals surface area contributed by atoms with Crippen LogP contribution in [0, 0.1) is 13.8 Å². The molecule has 1 amide bonds. The van der Waals surface area contributed by atoms with Crippen molar-refractivity contribution in [3.8, 4) is 5.75 Å². The van der Waals surface area contributed by atoms with Crippen molar-refractivity contribution < 1.29 is 9.53 Å². The molecule has 1 atom stereocenters. The van der Waals surface area contributed by atoms with Crippen molar-refractivity contribution in [2.75, 3.05) is 4.90 Å². The lowest BCUT2D eigenvalue weighted by Crippen LogP contribution is -2.28. The van der Waals surface area contributed by atoms with Crippen LogP contribution in [0.3, 0.4) is 0 Å². The highest BCUT2D eigenvalue weighted by molar-refractivity contribution is 8.27. The summed E-state index contributed by atoms with van der Waals surface area (Å²) in [5.74, 6) is 0.765. The zero-order chi connectivity index (χ0) is 19.6. The minimum Gasteiger partial charge on any atom is -0.491 e. The molecule has 0 radical (unpaired) electrons. The van der Waals surface area contributed by atoms with E-state index in [-0.39, 0.29) is 12.0 Å². The van der Waals surface area contributed by atoms with E-state index in [1.54, 1.807) is 4.90 Å². The van der Waals surface area contributed by atoms with E-state index in [4.69, 9.17) is 17.0 Å². The fourth-order valence-corrected chi connectivity index (χ4v) is 4.13. The summed E-state index contributed by atoms with van der Waals surface area (Å²) in [4.78, 5) is 15.2. The monoisotopic (exact) mass is 397 g/mol. The van der Waals surface area contributed by atoms with Gasteiger partial charge in [0.1, 0.15) is 5.75 Å². The quantitative estimate of drug-likeness (QED) is 0.465. The standard InChI is InChI=1S/C22H23NO2S2/c1-5-16(4)25-18-9-7-17(8-10-18)13-20-21(24)23(22(26)27-20)19-11-6-14(2)12-15(19)3/h6-13,16H,5H2,1-4H3/b20-13+/t16-/m0/s1. The van der Waals surface area contributed by atoms with E-state index in [2.05, 4.69) is 13.0 Å². The summed E-state index contributed by atoms with van der Waals surface area (Å²) in [5, 5.41) is 0. The molecule has 5 heteroatoms. The number of rotatable bonds is 5. The van der Waals surface area contributed by atoms with Crippen LogP contribution < -0.4 is 9.64 Å². The molecule has 3 nitrogen and oxygen atoms in total. The Bertz CT molecular complexity index is 903. The summed E-state index contributed by atoms with van der Waals surface area (Å²) in [6, 6.07) is 13.8. The van der Waals surface area contributed by atoms with Crippen LogP contribution in [0.25, 0.3) is 6.08 Å². The van der Waals surface area contributed by atoms with E-state index in [1.807, 2.05) is 63.2 Å². The molecule has 1 aliphatic rings. The zero-order valence-electron chi connectivity index (χ0n) is 16.0. The lowest BCUT2D eigenvalue weighted by molar-refractivity contribution is -0.113. The Balaban J connectivity index is 1.82. The van der Waals surface area contributed by atoms with Gasteiger partial charge in [0.2, 0.25) is 0 Å². The van der Waals surface area contributed by atoms with Crippen LogP contribution in [0.2, 0.25) is 0 Å². The van der Waals surface area contributed by atoms with Crippen molar-refractivity contribution >= 4 is 46.0 Å². The zero-order valence-corrected chi connectivity index (χ0v) is 17.6. The van der Waals surface area contributed by atoms with E-state index in [0.29, 0.717) is 9.23 Å². The molecular weight excluding hydrogens is 374 g/mol. The van der Waals surface area contributed by atoms with Crippen LogP contribution in [-0.4, -0.2) is 16.3 Å². The lowest BCUT2D eigenvalue weighted by atomic mass is 10.1. The third-order valence-electron chi connectivity index (χ3n) is 4.48. The van der Waals surface area contributed by atoms with Crippen molar-refractivity contribution in [2.24, 2.45) is 0 Å². The third-order valence-corrected chi connectivity index (χ3v) is 5.78. The molecule has 1 fully saturated rings. The van der Waals surface area contributed by atoms with Gasteiger partial charge in [0.05, 0.1) is 16.7 Å². The summed E-state index contributed by atoms with van der Waals surface area (Å²) < 4.78 is 6.37. The lowest BCUT2D eigenvalue weighted by Gasteiger charge is -2.17. The molecule has 140 valence electrons. The molecule has 2 aromatic rings. The first-order valence-electron chi connectivity index (χ1n) is 9.01. The number of hydrogen-bond acceptors (Lipinski definition) is 4. The van der Waals surface area contributed by atoms with Gasteiger partial charge < -0.3 is 4.74 Å². The Morgan fingerprint density at radius 2 is 1.89 bits per heavy atom. The second kappa shape index (κ2) is 8.28. The number of nitrogens with zero attached hydrogens (tertiary/aromatic N) is 1. The summed E-state index contributed by atoms with van der Waals surface area (Å²) in [7, 11) is 0. The summed E-state index contributed by atoms with van der Waals surface area (Å²) in [6.07, 6.45) is 3.03. The van der Waals surface area contributed by atoms with Crippen molar-refractivity contribution in [1.82, 2.24) is 0 Å². The Labute approximate surface area is 170 Å². The van der Waals surface area contributed by atoms with Gasteiger partial charge in [-0.1, -0.05) is 60.7 Å². The maximum Gasteiger partial charge on any atom is 0.270 e.